The Kier molecular flexibility index (Phi) is 4.54. The Morgan fingerprint density at radius 1 is 1.15 bits per heavy atom. The summed E-state index contributed by atoms with van der Waals surface area (Å²) in [6, 6.07) is 9.18. The number of aliphatic imine (C=N–C) groups is 1. The smallest absolute Gasteiger partial charge is 0.214 e. The van der Waals surface area contributed by atoms with Gasteiger partial charge in [0.05, 0.1) is 0 Å². The van der Waals surface area contributed by atoms with Crippen molar-refractivity contribution < 1.29 is 0 Å². The summed E-state index contributed by atoms with van der Waals surface area (Å²) in [6.45, 7) is 0. The number of benzene rings is 1. The van der Waals surface area contributed by atoms with Crippen LogP contribution in [-0.4, -0.2) is 11.8 Å². The molecule has 4 nitrogen and oxygen atoms in total. The Bertz CT molecular complexity index is 307. The molecule has 13 heavy (non-hydrogen) atoms. The number of nitrogens with zero attached hydrogens (tertiary/aromatic N) is 1. The van der Waals surface area contributed by atoms with E-state index in [0.717, 1.165) is 5.56 Å². The van der Waals surface area contributed by atoms with E-state index in [-0.39, 0.29) is 24.2 Å². The highest BCUT2D eigenvalue weighted by atomic mass is 35.5. The molecule has 5 heteroatoms. The van der Waals surface area contributed by atoms with Crippen LogP contribution in [0.15, 0.2) is 35.3 Å². The SMILES string of the molecule is Cl.N=C(N)N=C(N)c1ccccc1. The largest absolute Gasteiger partial charge is 0.383 e. The second-order valence-electron chi connectivity index (χ2n) is 2.25. The molecule has 0 spiro atoms. The molecule has 0 aliphatic heterocycles. The van der Waals surface area contributed by atoms with Crippen molar-refractivity contribution in [2.24, 2.45) is 16.5 Å². The summed E-state index contributed by atoms with van der Waals surface area (Å²) in [7, 11) is 0. The first-order chi connectivity index (χ1) is 5.70. The van der Waals surface area contributed by atoms with Gasteiger partial charge in [0.15, 0.2) is 0 Å². The molecule has 0 aliphatic rings. The van der Waals surface area contributed by atoms with Gasteiger partial charge in [-0.3, -0.25) is 5.41 Å². The molecular weight excluding hydrogens is 188 g/mol. The fourth-order valence-electron chi connectivity index (χ4n) is 0.803. The van der Waals surface area contributed by atoms with Crippen LogP contribution in [0.25, 0.3) is 0 Å². The topological polar surface area (TPSA) is 88.2 Å². The molecule has 0 aromatic heterocycles. The second-order valence-corrected chi connectivity index (χ2v) is 2.25. The number of halogens is 1. The molecule has 0 saturated heterocycles. The van der Waals surface area contributed by atoms with Crippen LogP contribution in [0.5, 0.6) is 0 Å². The zero-order chi connectivity index (χ0) is 8.97. The minimum atomic E-state index is -0.281. The molecule has 1 aromatic rings. The maximum atomic E-state index is 6.88. The van der Waals surface area contributed by atoms with Crippen molar-refractivity contribution in [3.05, 3.63) is 35.9 Å². The number of hydrogen-bond donors (Lipinski definition) is 3. The molecule has 0 fully saturated rings. The average Bonchev–Trinajstić information content (AvgIpc) is 2.05. The summed E-state index contributed by atoms with van der Waals surface area (Å²) in [6.07, 6.45) is 0. The quantitative estimate of drug-likeness (QED) is 0.458. The highest BCUT2D eigenvalue weighted by molar-refractivity contribution is 6.03. The minimum Gasteiger partial charge on any atom is -0.383 e. The monoisotopic (exact) mass is 198 g/mol. The predicted octanol–water partition coefficient (Wildman–Crippen LogP) is 0.707. The lowest BCUT2D eigenvalue weighted by Crippen LogP contribution is -2.18. The van der Waals surface area contributed by atoms with Gasteiger partial charge < -0.3 is 11.5 Å². The van der Waals surface area contributed by atoms with Gasteiger partial charge in [-0.1, -0.05) is 30.3 Å². The van der Waals surface area contributed by atoms with Crippen LogP contribution in [0.2, 0.25) is 0 Å². The summed E-state index contributed by atoms with van der Waals surface area (Å²) in [5.74, 6) is -0.0144. The Hall–Kier alpha value is -1.55. The van der Waals surface area contributed by atoms with Crippen molar-refractivity contribution in [2.45, 2.75) is 0 Å². The van der Waals surface area contributed by atoms with Crippen LogP contribution in [0, 0.1) is 5.41 Å². The Labute approximate surface area is 82.6 Å². The van der Waals surface area contributed by atoms with Gasteiger partial charge in [0.1, 0.15) is 5.84 Å². The van der Waals surface area contributed by atoms with E-state index in [9.17, 15) is 0 Å². The van der Waals surface area contributed by atoms with Gasteiger partial charge >= 0.3 is 0 Å². The van der Waals surface area contributed by atoms with Crippen LogP contribution >= 0.6 is 12.4 Å². The normalized spacial score (nSPS) is 10.3. The number of nitrogens with one attached hydrogen (secondary N) is 1. The molecule has 70 valence electrons. The second kappa shape index (κ2) is 5.16. The van der Waals surface area contributed by atoms with E-state index >= 15 is 0 Å². The average molecular weight is 199 g/mol. The number of hydrogen-bond acceptors (Lipinski definition) is 1. The van der Waals surface area contributed by atoms with Gasteiger partial charge in [-0.05, 0) is 0 Å². The highest BCUT2D eigenvalue weighted by Gasteiger charge is 1.95. The van der Waals surface area contributed by atoms with E-state index < -0.39 is 0 Å². The van der Waals surface area contributed by atoms with Crippen LogP contribution in [0.3, 0.4) is 0 Å². The maximum Gasteiger partial charge on any atom is 0.214 e. The van der Waals surface area contributed by atoms with Crippen LogP contribution in [0.1, 0.15) is 5.56 Å². The lowest BCUT2D eigenvalue weighted by Gasteiger charge is -1.97. The van der Waals surface area contributed by atoms with Gasteiger partial charge in [0, 0.05) is 5.56 Å². The lowest BCUT2D eigenvalue weighted by atomic mass is 10.2. The first-order valence-electron chi connectivity index (χ1n) is 3.44. The zero-order valence-electron chi connectivity index (χ0n) is 6.90. The van der Waals surface area contributed by atoms with Crippen molar-refractivity contribution in [1.82, 2.24) is 0 Å². The Morgan fingerprint density at radius 3 is 2.15 bits per heavy atom. The van der Waals surface area contributed by atoms with Crippen LogP contribution in [0.4, 0.5) is 0 Å². The van der Waals surface area contributed by atoms with Crippen molar-refractivity contribution >= 4 is 24.2 Å². The molecule has 1 aromatic carbocycles. The van der Waals surface area contributed by atoms with Crippen molar-refractivity contribution in [3.8, 4) is 0 Å². The molecule has 0 bridgehead atoms. The maximum absolute atomic E-state index is 6.88. The first-order valence-corrected chi connectivity index (χ1v) is 3.44. The molecule has 0 radical (unpaired) electrons. The number of amidine groups is 1. The van der Waals surface area contributed by atoms with E-state index in [1.165, 1.54) is 0 Å². The predicted molar refractivity (Wildman–Crippen MR) is 56.3 cm³/mol. The van der Waals surface area contributed by atoms with Crippen LogP contribution in [-0.2, 0) is 0 Å². The number of guanidine groups is 1. The Morgan fingerprint density at radius 2 is 1.69 bits per heavy atom. The summed E-state index contributed by atoms with van der Waals surface area (Å²) in [4.78, 5) is 3.60. The minimum absolute atomic E-state index is 0. The highest BCUT2D eigenvalue weighted by Crippen LogP contribution is 1.96. The standard InChI is InChI=1S/C8H10N4.ClH/c9-7(12-8(10)11)6-4-2-1-3-5-6;/h1-5H,(H5,9,10,11,12);1H. The Balaban J connectivity index is 0.00000144. The van der Waals surface area contributed by atoms with Crippen LogP contribution < -0.4 is 11.5 Å². The zero-order valence-corrected chi connectivity index (χ0v) is 7.71. The molecule has 0 unspecified atom stereocenters. The third-order valence-corrected chi connectivity index (χ3v) is 1.31. The first kappa shape index (κ1) is 11.4. The molecule has 0 amide bonds. The molecule has 0 heterocycles. The number of nitrogens with two attached hydrogens (primary N) is 2. The van der Waals surface area contributed by atoms with Gasteiger partial charge in [-0.15, -0.1) is 12.4 Å². The molecule has 5 N–H and O–H groups in total. The van der Waals surface area contributed by atoms with E-state index in [4.69, 9.17) is 16.9 Å². The number of rotatable bonds is 1. The van der Waals surface area contributed by atoms with Gasteiger partial charge in [0.25, 0.3) is 0 Å². The van der Waals surface area contributed by atoms with E-state index in [1.807, 2.05) is 30.3 Å². The third kappa shape index (κ3) is 3.57. The molecule has 0 atom stereocenters. The molecular formula is C8H11ClN4. The summed E-state index contributed by atoms with van der Waals surface area (Å²) >= 11 is 0. The van der Waals surface area contributed by atoms with Gasteiger partial charge in [0.2, 0.25) is 5.96 Å². The van der Waals surface area contributed by atoms with Gasteiger partial charge in [-0.2, -0.15) is 4.99 Å². The molecule has 0 saturated carbocycles. The fourth-order valence-corrected chi connectivity index (χ4v) is 0.803. The van der Waals surface area contributed by atoms with E-state index in [1.54, 1.807) is 0 Å². The molecule has 1 rings (SSSR count). The fraction of sp³-hybridized carbons (Fsp3) is 0. The van der Waals surface area contributed by atoms with E-state index in [0.29, 0.717) is 0 Å². The third-order valence-electron chi connectivity index (χ3n) is 1.31. The lowest BCUT2D eigenvalue weighted by molar-refractivity contribution is 1.36. The van der Waals surface area contributed by atoms with Crippen molar-refractivity contribution in [1.29, 1.82) is 5.41 Å². The van der Waals surface area contributed by atoms with Crippen molar-refractivity contribution in [3.63, 3.8) is 0 Å². The summed E-state index contributed by atoms with van der Waals surface area (Å²) < 4.78 is 0. The van der Waals surface area contributed by atoms with Gasteiger partial charge in [-0.25, -0.2) is 0 Å². The summed E-state index contributed by atoms with van der Waals surface area (Å²) in [5, 5.41) is 6.88. The summed E-state index contributed by atoms with van der Waals surface area (Å²) in [5.41, 5.74) is 11.3. The molecule has 0 aliphatic carbocycles. The van der Waals surface area contributed by atoms with E-state index in [2.05, 4.69) is 4.99 Å². The van der Waals surface area contributed by atoms with Crippen molar-refractivity contribution in [2.75, 3.05) is 0 Å².